The average molecular weight is 366 g/mol. The molecule has 27 heavy (non-hydrogen) atoms. The lowest BCUT2D eigenvalue weighted by atomic mass is 10.2. The molecule has 7 nitrogen and oxygen atoms in total. The molecule has 0 saturated heterocycles. The molecule has 0 fully saturated rings. The molecule has 0 atom stereocenters. The topological polar surface area (TPSA) is 77.5 Å². The minimum atomic E-state index is 0.453. The Hall–Kier alpha value is -3.48. The summed E-state index contributed by atoms with van der Waals surface area (Å²) in [6.45, 7) is 2.60. The Morgan fingerprint density at radius 3 is 2.37 bits per heavy atom. The van der Waals surface area contributed by atoms with Crippen molar-refractivity contribution in [1.82, 2.24) is 9.97 Å². The number of rotatable bonds is 8. The van der Waals surface area contributed by atoms with Crippen LogP contribution in [0.15, 0.2) is 54.7 Å². The van der Waals surface area contributed by atoms with Crippen molar-refractivity contribution >= 4 is 23.1 Å². The molecule has 0 spiro atoms. The summed E-state index contributed by atoms with van der Waals surface area (Å²) in [5.41, 5.74) is 1.65. The highest BCUT2D eigenvalue weighted by Crippen LogP contribution is 2.30. The van der Waals surface area contributed by atoms with Gasteiger partial charge in [-0.2, -0.15) is 4.98 Å². The minimum absolute atomic E-state index is 0.453. The summed E-state index contributed by atoms with van der Waals surface area (Å²) in [6, 6.07) is 15.0. The zero-order chi connectivity index (χ0) is 19.1. The molecule has 7 heteroatoms. The highest BCUT2D eigenvalue weighted by molar-refractivity contribution is 5.65. The maximum Gasteiger partial charge on any atom is 0.229 e. The van der Waals surface area contributed by atoms with Crippen LogP contribution in [0.25, 0.3) is 0 Å². The quantitative estimate of drug-likeness (QED) is 0.612. The van der Waals surface area contributed by atoms with E-state index in [1.807, 2.05) is 43.3 Å². The lowest BCUT2D eigenvalue weighted by molar-refractivity contribution is 0.340. The van der Waals surface area contributed by atoms with E-state index in [2.05, 4.69) is 20.6 Å². The van der Waals surface area contributed by atoms with Gasteiger partial charge in [0.25, 0.3) is 0 Å². The van der Waals surface area contributed by atoms with Gasteiger partial charge in [-0.05, 0) is 49.4 Å². The van der Waals surface area contributed by atoms with Gasteiger partial charge in [-0.15, -0.1) is 0 Å². The van der Waals surface area contributed by atoms with Crippen LogP contribution in [-0.4, -0.2) is 30.8 Å². The minimum Gasteiger partial charge on any atom is -0.497 e. The second-order valence-electron chi connectivity index (χ2n) is 5.54. The van der Waals surface area contributed by atoms with E-state index in [1.54, 1.807) is 32.5 Å². The van der Waals surface area contributed by atoms with Crippen molar-refractivity contribution in [2.75, 3.05) is 31.5 Å². The third-order valence-electron chi connectivity index (χ3n) is 3.75. The number of nitrogens with one attached hydrogen (secondary N) is 2. The zero-order valence-electron chi connectivity index (χ0n) is 15.5. The van der Waals surface area contributed by atoms with E-state index in [1.165, 1.54) is 0 Å². The summed E-state index contributed by atoms with van der Waals surface area (Å²) >= 11 is 0. The van der Waals surface area contributed by atoms with Crippen LogP contribution in [0.3, 0.4) is 0 Å². The van der Waals surface area contributed by atoms with Crippen LogP contribution < -0.4 is 24.8 Å². The first-order valence-corrected chi connectivity index (χ1v) is 8.54. The second-order valence-corrected chi connectivity index (χ2v) is 5.54. The fraction of sp³-hybridized carbons (Fsp3) is 0.200. The second kappa shape index (κ2) is 8.75. The molecule has 0 unspecified atom stereocenters. The standard InChI is InChI=1S/C20H22N4O3/c1-4-27-15-7-5-14(6-8-15)22-19-11-12-21-20(24-19)23-17-10-9-16(25-2)13-18(17)26-3/h5-13H,4H2,1-3H3,(H2,21,22,23,24). The molecule has 0 bridgehead atoms. The number of anilines is 4. The van der Waals surface area contributed by atoms with Gasteiger partial charge in [0.2, 0.25) is 5.95 Å². The van der Waals surface area contributed by atoms with Gasteiger partial charge >= 0.3 is 0 Å². The largest absolute Gasteiger partial charge is 0.497 e. The SMILES string of the molecule is CCOc1ccc(Nc2ccnc(Nc3ccc(OC)cc3OC)n2)cc1. The van der Waals surface area contributed by atoms with Crippen LogP contribution in [-0.2, 0) is 0 Å². The van der Waals surface area contributed by atoms with Crippen LogP contribution in [0, 0.1) is 0 Å². The van der Waals surface area contributed by atoms with E-state index in [-0.39, 0.29) is 0 Å². The first-order chi connectivity index (χ1) is 13.2. The molecule has 2 aromatic carbocycles. The number of hydrogen-bond donors (Lipinski definition) is 2. The van der Waals surface area contributed by atoms with Crippen molar-refractivity contribution in [2.24, 2.45) is 0 Å². The number of methoxy groups -OCH3 is 2. The Bertz CT molecular complexity index is 885. The average Bonchev–Trinajstić information content (AvgIpc) is 2.70. The highest BCUT2D eigenvalue weighted by atomic mass is 16.5. The van der Waals surface area contributed by atoms with Crippen LogP contribution >= 0.6 is 0 Å². The number of benzene rings is 2. The van der Waals surface area contributed by atoms with Crippen molar-refractivity contribution in [3.8, 4) is 17.2 Å². The predicted molar refractivity (Wildman–Crippen MR) is 106 cm³/mol. The molecule has 2 N–H and O–H groups in total. The smallest absolute Gasteiger partial charge is 0.229 e. The molecule has 1 heterocycles. The summed E-state index contributed by atoms with van der Waals surface area (Å²) in [6.07, 6.45) is 1.68. The molecule has 0 aliphatic heterocycles. The van der Waals surface area contributed by atoms with E-state index in [0.29, 0.717) is 29.9 Å². The molecule has 1 aromatic heterocycles. The van der Waals surface area contributed by atoms with Crippen LogP contribution in [0.1, 0.15) is 6.92 Å². The lowest BCUT2D eigenvalue weighted by Gasteiger charge is -2.12. The molecule has 140 valence electrons. The third kappa shape index (κ3) is 4.78. The van der Waals surface area contributed by atoms with Gasteiger partial charge in [0.05, 0.1) is 26.5 Å². The van der Waals surface area contributed by atoms with E-state index in [0.717, 1.165) is 17.1 Å². The lowest BCUT2D eigenvalue weighted by Crippen LogP contribution is -2.02. The molecule has 3 aromatic rings. The fourth-order valence-electron chi connectivity index (χ4n) is 2.46. The van der Waals surface area contributed by atoms with Crippen molar-refractivity contribution in [1.29, 1.82) is 0 Å². The molecule has 0 aliphatic rings. The van der Waals surface area contributed by atoms with Gasteiger partial charge in [-0.1, -0.05) is 0 Å². The first kappa shape index (κ1) is 18.3. The zero-order valence-corrected chi connectivity index (χ0v) is 15.5. The van der Waals surface area contributed by atoms with Gasteiger partial charge in [-0.25, -0.2) is 4.98 Å². The Morgan fingerprint density at radius 1 is 0.889 bits per heavy atom. The maximum atomic E-state index is 5.45. The highest BCUT2D eigenvalue weighted by Gasteiger charge is 2.07. The summed E-state index contributed by atoms with van der Waals surface area (Å²) in [4.78, 5) is 8.75. The Balaban J connectivity index is 1.74. The van der Waals surface area contributed by atoms with E-state index in [9.17, 15) is 0 Å². The molecule has 0 aliphatic carbocycles. The molecular weight excluding hydrogens is 344 g/mol. The summed E-state index contributed by atoms with van der Waals surface area (Å²) in [5, 5.41) is 6.41. The molecule has 3 rings (SSSR count). The fourth-order valence-corrected chi connectivity index (χ4v) is 2.46. The van der Waals surface area contributed by atoms with E-state index >= 15 is 0 Å². The third-order valence-corrected chi connectivity index (χ3v) is 3.75. The predicted octanol–water partition coefficient (Wildman–Crippen LogP) is 4.38. The molecular formula is C20H22N4O3. The molecule has 0 saturated carbocycles. The monoisotopic (exact) mass is 366 g/mol. The van der Waals surface area contributed by atoms with Gasteiger partial charge in [0.15, 0.2) is 0 Å². The van der Waals surface area contributed by atoms with Crippen molar-refractivity contribution in [3.05, 3.63) is 54.7 Å². The molecule has 0 radical (unpaired) electrons. The van der Waals surface area contributed by atoms with E-state index in [4.69, 9.17) is 14.2 Å². The summed E-state index contributed by atoms with van der Waals surface area (Å²) < 4.78 is 16.1. The number of hydrogen-bond acceptors (Lipinski definition) is 7. The van der Waals surface area contributed by atoms with Gasteiger partial charge in [-0.3, -0.25) is 0 Å². The number of ether oxygens (including phenoxy) is 3. The Kier molecular flexibility index (Phi) is 5.94. The van der Waals surface area contributed by atoms with Crippen molar-refractivity contribution in [3.63, 3.8) is 0 Å². The van der Waals surface area contributed by atoms with Crippen molar-refractivity contribution < 1.29 is 14.2 Å². The normalized spacial score (nSPS) is 10.2. The molecule has 0 amide bonds. The van der Waals surface area contributed by atoms with Crippen molar-refractivity contribution in [2.45, 2.75) is 6.92 Å². The van der Waals surface area contributed by atoms with Crippen LogP contribution in [0.4, 0.5) is 23.1 Å². The number of aromatic nitrogens is 2. The Labute approximate surface area is 158 Å². The first-order valence-electron chi connectivity index (χ1n) is 8.54. The summed E-state index contributed by atoms with van der Waals surface area (Å²) in [7, 11) is 3.21. The van der Waals surface area contributed by atoms with E-state index < -0.39 is 0 Å². The maximum absolute atomic E-state index is 5.45. The van der Waals surface area contributed by atoms with Crippen LogP contribution in [0.5, 0.6) is 17.2 Å². The number of nitrogens with zero attached hydrogens (tertiary/aromatic N) is 2. The van der Waals surface area contributed by atoms with Gasteiger partial charge < -0.3 is 24.8 Å². The Morgan fingerprint density at radius 2 is 1.67 bits per heavy atom. The van der Waals surface area contributed by atoms with Gasteiger partial charge in [0, 0.05) is 18.0 Å². The summed E-state index contributed by atoms with van der Waals surface area (Å²) in [5.74, 6) is 3.31. The van der Waals surface area contributed by atoms with Gasteiger partial charge in [0.1, 0.15) is 23.1 Å². The van der Waals surface area contributed by atoms with Crippen LogP contribution in [0.2, 0.25) is 0 Å².